The van der Waals surface area contributed by atoms with Gasteiger partial charge in [0.15, 0.2) is 0 Å². The number of urea groups is 1. The first kappa shape index (κ1) is 13.5. The Morgan fingerprint density at radius 1 is 1.61 bits per heavy atom. The normalized spacial score (nSPS) is 19.1. The molecule has 1 fully saturated rings. The van der Waals surface area contributed by atoms with Gasteiger partial charge < -0.3 is 15.3 Å². The molecule has 1 saturated heterocycles. The highest BCUT2D eigenvalue weighted by atomic mass is 35.5. The molecule has 98 valence electrons. The van der Waals surface area contributed by atoms with E-state index in [0.717, 1.165) is 4.90 Å². The summed E-state index contributed by atoms with van der Waals surface area (Å²) in [5.74, 6) is 0. The number of thioether (sulfide) groups is 1. The summed E-state index contributed by atoms with van der Waals surface area (Å²) in [5, 5.41) is 12.8. The van der Waals surface area contributed by atoms with E-state index in [4.69, 9.17) is 11.6 Å². The summed E-state index contributed by atoms with van der Waals surface area (Å²) in [7, 11) is 0. The van der Waals surface area contributed by atoms with Gasteiger partial charge in [0.25, 0.3) is 0 Å². The molecule has 4 nitrogen and oxygen atoms in total. The lowest BCUT2D eigenvalue weighted by molar-refractivity contribution is 0.176. The van der Waals surface area contributed by atoms with Gasteiger partial charge in [0, 0.05) is 23.7 Å². The zero-order valence-electron chi connectivity index (χ0n) is 10.0. The molecule has 1 atom stereocenters. The number of rotatable bonds is 2. The van der Waals surface area contributed by atoms with Crippen molar-refractivity contribution in [1.82, 2.24) is 4.90 Å². The predicted molar refractivity (Wildman–Crippen MR) is 74.4 cm³/mol. The van der Waals surface area contributed by atoms with E-state index in [-0.39, 0.29) is 6.03 Å². The zero-order chi connectivity index (χ0) is 13.1. The van der Waals surface area contributed by atoms with E-state index >= 15 is 0 Å². The number of nitrogens with one attached hydrogen (secondary N) is 1. The SMILES string of the molecule is CSc1ccc(NC(=O)N2CC[C@H](O)C2)cc1Cl. The molecule has 2 N–H and O–H groups in total. The average Bonchev–Trinajstić information content (AvgIpc) is 2.76. The largest absolute Gasteiger partial charge is 0.391 e. The average molecular weight is 287 g/mol. The topological polar surface area (TPSA) is 52.6 Å². The van der Waals surface area contributed by atoms with Gasteiger partial charge in [-0.15, -0.1) is 11.8 Å². The summed E-state index contributed by atoms with van der Waals surface area (Å²) in [6.45, 7) is 0.978. The molecule has 0 spiro atoms. The van der Waals surface area contributed by atoms with Gasteiger partial charge in [-0.1, -0.05) is 11.6 Å². The number of hydrogen-bond acceptors (Lipinski definition) is 3. The van der Waals surface area contributed by atoms with Gasteiger partial charge in [-0.3, -0.25) is 0 Å². The van der Waals surface area contributed by atoms with Crippen LogP contribution in [0.2, 0.25) is 5.02 Å². The predicted octanol–water partition coefficient (Wildman–Crippen LogP) is 2.66. The molecule has 18 heavy (non-hydrogen) atoms. The van der Waals surface area contributed by atoms with E-state index in [1.807, 2.05) is 18.4 Å². The van der Waals surface area contributed by atoms with Crippen molar-refractivity contribution in [3.8, 4) is 0 Å². The summed E-state index contributed by atoms with van der Waals surface area (Å²) < 4.78 is 0. The van der Waals surface area contributed by atoms with Gasteiger partial charge in [0.05, 0.1) is 11.1 Å². The van der Waals surface area contributed by atoms with Crippen LogP contribution < -0.4 is 5.32 Å². The number of benzene rings is 1. The molecule has 0 bridgehead atoms. The fourth-order valence-corrected chi connectivity index (χ4v) is 2.74. The van der Waals surface area contributed by atoms with E-state index in [2.05, 4.69) is 5.32 Å². The van der Waals surface area contributed by atoms with Crippen molar-refractivity contribution in [2.45, 2.75) is 17.4 Å². The van der Waals surface area contributed by atoms with Crippen LogP contribution in [0.1, 0.15) is 6.42 Å². The molecule has 1 aliphatic heterocycles. The smallest absolute Gasteiger partial charge is 0.321 e. The van der Waals surface area contributed by atoms with Crippen molar-refractivity contribution in [3.63, 3.8) is 0 Å². The summed E-state index contributed by atoms with van der Waals surface area (Å²) in [6, 6.07) is 5.24. The Balaban J connectivity index is 2.01. The number of β-amino-alcohol motifs (C(OH)–C–C–N with tert-alkyl or cyclic N) is 1. The molecule has 0 unspecified atom stereocenters. The highest BCUT2D eigenvalue weighted by Crippen LogP contribution is 2.28. The maximum atomic E-state index is 11.9. The third-order valence-corrected chi connectivity index (χ3v) is 4.07. The van der Waals surface area contributed by atoms with Gasteiger partial charge in [0.2, 0.25) is 0 Å². The van der Waals surface area contributed by atoms with E-state index < -0.39 is 6.10 Å². The zero-order valence-corrected chi connectivity index (χ0v) is 11.6. The number of halogens is 1. The Bertz CT molecular complexity index is 456. The van der Waals surface area contributed by atoms with Crippen LogP contribution in [0.25, 0.3) is 0 Å². The molecule has 6 heteroatoms. The first-order valence-electron chi connectivity index (χ1n) is 5.67. The van der Waals surface area contributed by atoms with Crippen LogP contribution in [-0.2, 0) is 0 Å². The lowest BCUT2D eigenvalue weighted by Crippen LogP contribution is -2.33. The van der Waals surface area contributed by atoms with Crippen LogP contribution in [0.5, 0.6) is 0 Å². The number of carbonyl (C=O) groups is 1. The number of aliphatic hydroxyl groups excluding tert-OH is 1. The van der Waals surface area contributed by atoms with Crippen LogP contribution in [0.3, 0.4) is 0 Å². The number of amides is 2. The molecule has 0 aliphatic carbocycles. The molecule has 1 aliphatic rings. The van der Waals surface area contributed by atoms with Crippen LogP contribution in [0.15, 0.2) is 23.1 Å². The summed E-state index contributed by atoms with van der Waals surface area (Å²) in [4.78, 5) is 14.5. The molecular weight excluding hydrogens is 272 g/mol. The van der Waals surface area contributed by atoms with Gasteiger partial charge in [0.1, 0.15) is 0 Å². The second-order valence-electron chi connectivity index (χ2n) is 4.17. The first-order chi connectivity index (χ1) is 8.60. The van der Waals surface area contributed by atoms with Crippen molar-refractivity contribution in [1.29, 1.82) is 0 Å². The van der Waals surface area contributed by atoms with Crippen molar-refractivity contribution >= 4 is 35.1 Å². The second-order valence-corrected chi connectivity index (χ2v) is 5.42. The molecule has 0 saturated carbocycles. The third-order valence-electron chi connectivity index (χ3n) is 2.85. The van der Waals surface area contributed by atoms with E-state index in [1.54, 1.807) is 22.7 Å². The minimum atomic E-state index is -0.404. The first-order valence-corrected chi connectivity index (χ1v) is 7.28. The standard InChI is InChI=1S/C12H15ClN2O2S/c1-18-11-3-2-8(6-10(11)13)14-12(17)15-5-4-9(16)7-15/h2-3,6,9,16H,4-5,7H2,1H3,(H,14,17)/t9-/m0/s1. The maximum absolute atomic E-state index is 11.9. The van der Waals surface area contributed by atoms with Gasteiger partial charge >= 0.3 is 6.03 Å². The van der Waals surface area contributed by atoms with Gasteiger partial charge in [-0.25, -0.2) is 4.79 Å². The highest BCUT2D eigenvalue weighted by molar-refractivity contribution is 7.98. The van der Waals surface area contributed by atoms with Crippen LogP contribution in [0, 0.1) is 0 Å². The molecule has 1 aromatic rings. The number of anilines is 1. The highest BCUT2D eigenvalue weighted by Gasteiger charge is 2.24. The number of hydrogen-bond donors (Lipinski definition) is 2. The van der Waals surface area contributed by atoms with Crippen molar-refractivity contribution < 1.29 is 9.90 Å². The molecule has 2 rings (SSSR count). The number of likely N-dealkylation sites (tertiary alicyclic amines) is 1. The molecule has 2 amide bonds. The third kappa shape index (κ3) is 3.10. The molecule has 1 heterocycles. The minimum absolute atomic E-state index is 0.195. The maximum Gasteiger partial charge on any atom is 0.321 e. The Hall–Kier alpha value is -0.910. The fourth-order valence-electron chi connectivity index (χ4n) is 1.87. The summed E-state index contributed by atoms with van der Waals surface area (Å²) in [5.41, 5.74) is 0.671. The number of carbonyl (C=O) groups excluding carboxylic acids is 1. The van der Waals surface area contributed by atoms with E-state index in [9.17, 15) is 9.90 Å². The van der Waals surface area contributed by atoms with Gasteiger partial charge in [-0.05, 0) is 30.9 Å². The monoisotopic (exact) mass is 286 g/mol. The molecular formula is C12H15ClN2O2S. The number of nitrogens with zero attached hydrogens (tertiary/aromatic N) is 1. The van der Waals surface area contributed by atoms with Crippen molar-refractivity contribution in [2.24, 2.45) is 0 Å². The Morgan fingerprint density at radius 3 is 2.94 bits per heavy atom. The fraction of sp³-hybridized carbons (Fsp3) is 0.417. The van der Waals surface area contributed by atoms with Crippen LogP contribution >= 0.6 is 23.4 Å². The van der Waals surface area contributed by atoms with E-state index in [1.165, 1.54) is 0 Å². The second kappa shape index (κ2) is 5.82. The summed E-state index contributed by atoms with van der Waals surface area (Å²) in [6.07, 6.45) is 2.18. The van der Waals surface area contributed by atoms with Crippen LogP contribution in [0.4, 0.5) is 10.5 Å². The van der Waals surface area contributed by atoms with Crippen molar-refractivity contribution in [3.05, 3.63) is 23.2 Å². The Kier molecular flexibility index (Phi) is 4.37. The van der Waals surface area contributed by atoms with E-state index in [0.29, 0.717) is 30.2 Å². The summed E-state index contributed by atoms with van der Waals surface area (Å²) >= 11 is 7.63. The molecule has 0 radical (unpaired) electrons. The number of aliphatic hydroxyl groups is 1. The minimum Gasteiger partial charge on any atom is -0.391 e. The Labute approximate surface area is 115 Å². The van der Waals surface area contributed by atoms with Crippen molar-refractivity contribution in [2.75, 3.05) is 24.7 Å². The molecule has 0 aromatic heterocycles. The quantitative estimate of drug-likeness (QED) is 0.822. The molecule has 1 aromatic carbocycles. The lowest BCUT2D eigenvalue weighted by Gasteiger charge is -2.16. The van der Waals surface area contributed by atoms with Crippen LogP contribution in [-0.4, -0.2) is 41.5 Å². The Morgan fingerprint density at radius 2 is 2.39 bits per heavy atom. The lowest BCUT2D eigenvalue weighted by atomic mass is 10.3. The van der Waals surface area contributed by atoms with Gasteiger partial charge in [-0.2, -0.15) is 0 Å².